The quantitative estimate of drug-likeness (QED) is 0.393. The minimum atomic E-state index is -0.107. The average molecular weight is 379 g/mol. The molecule has 0 amide bonds. The third-order valence-corrected chi connectivity index (χ3v) is 6.18. The second-order valence-electron chi connectivity index (χ2n) is 8.97. The second-order valence-corrected chi connectivity index (χ2v) is 8.97. The molecule has 0 N–H and O–H groups in total. The van der Waals surface area contributed by atoms with Gasteiger partial charge in [-0.05, 0) is 33.1 Å². The van der Waals surface area contributed by atoms with Gasteiger partial charge in [0.05, 0.1) is 17.4 Å². The zero-order chi connectivity index (χ0) is 19.6. The molecule has 2 aromatic carbocycles. The lowest BCUT2D eigenvalue weighted by Crippen LogP contribution is -2.32. The van der Waals surface area contributed by atoms with Gasteiger partial charge < -0.3 is 9.30 Å². The van der Waals surface area contributed by atoms with E-state index in [0.717, 1.165) is 30.7 Å². The van der Waals surface area contributed by atoms with E-state index in [1.165, 1.54) is 66.8 Å². The molecule has 150 valence electrons. The number of rotatable bonds is 8. The molecule has 1 aliphatic heterocycles. The molecule has 28 heavy (non-hydrogen) atoms. The van der Waals surface area contributed by atoms with Crippen molar-refractivity contribution in [3.63, 3.8) is 0 Å². The van der Waals surface area contributed by atoms with Crippen molar-refractivity contribution in [2.24, 2.45) is 0 Å². The summed E-state index contributed by atoms with van der Waals surface area (Å²) in [6.45, 7) is 7.71. The topological polar surface area (TPSA) is 27.1 Å². The van der Waals surface area contributed by atoms with Gasteiger partial charge in [0.2, 0.25) is 0 Å². The Morgan fingerprint density at radius 3 is 2.50 bits per heavy atom. The van der Waals surface area contributed by atoms with E-state index in [2.05, 4.69) is 49.6 Å². The fraction of sp³-hybridized carbons (Fsp3) is 0.560. The van der Waals surface area contributed by atoms with Crippen LogP contribution in [0.15, 0.2) is 30.6 Å². The Kier molecular flexibility index (Phi) is 5.61. The summed E-state index contributed by atoms with van der Waals surface area (Å²) in [6, 6.07) is 8.69. The molecule has 0 bridgehead atoms. The highest BCUT2D eigenvalue weighted by molar-refractivity contribution is 6.09. The van der Waals surface area contributed by atoms with Gasteiger partial charge in [-0.3, -0.25) is 0 Å². The lowest BCUT2D eigenvalue weighted by atomic mass is 9.91. The molecule has 0 saturated carbocycles. The molecule has 2 heterocycles. The summed E-state index contributed by atoms with van der Waals surface area (Å²) in [5.41, 5.74) is 3.63. The van der Waals surface area contributed by atoms with Crippen molar-refractivity contribution >= 4 is 21.8 Å². The first-order valence-electron chi connectivity index (χ1n) is 11.2. The average Bonchev–Trinajstić information content (AvgIpc) is 3.11. The van der Waals surface area contributed by atoms with E-state index in [4.69, 9.17) is 9.72 Å². The van der Waals surface area contributed by atoms with Gasteiger partial charge >= 0.3 is 0 Å². The maximum Gasteiger partial charge on any atom is 0.133 e. The molecule has 0 fully saturated rings. The van der Waals surface area contributed by atoms with Crippen LogP contribution in [0.1, 0.15) is 77.7 Å². The predicted molar refractivity (Wildman–Crippen MR) is 118 cm³/mol. The number of hydrogen-bond donors (Lipinski definition) is 0. The Morgan fingerprint density at radius 2 is 1.71 bits per heavy atom. The standard InChI is InChI=1S/C25H34N2O/c1-4-5-6-7-8-9-12-17-27-18-26-22-21-15-16-25(2,3)28-24(21)20-14-11-10-13-19(20)23(22)27/h10-11,13-14,18H,4-9,12,15-17H2,1-3H3. The summed E-state index contributed by atoms with van der Waals surface area (Å²) in [5, 5.41) is 2.51. The molecule has 0 aliphatic carbocycles. The van der Waals surface area contributed by atoms with Crippen molar-refractivity contribution in [2.45, 2.75) is 90.7 Å². The number of benzene rings is 2. The third-order valence-electron chi connectivity index (χ3n) is 6.18. The van der Waals surface area contributed by atoms with Crippen LogP contribution >= 0.6 is 0 Å². The number of ether oxygens (including phenoxy) is 1. The number of unbranched alkanes of at least 4 members (excludes halogenated alkanes) is 6. The van der Waals surface area contributed by atoms with E-state index < -0.39 is 0 Å². The number of imidazole rings is 1. The van der Waals surface area contributed by atoms with E-state index in [0.29, 0.717) is 0 Å². The Hall–Kier alpha value is -2.03. The predicted octanol–water partition coefficient (Wildman–Crippen LogP) is 7.04. The van der Waals surface area contributed by atoms with Crippen LogP contribution in [0.4, 0.5) is 0 Å². The molecular formula is C25H34N2O. The van der Waals surface area contributed by atoms with Crippen LogP contribution in [0, 0.1) is 0 Å². The first-order valence-corrected chi connectivity index (χ1v) is 11.2. The number of fused-ring (bicyclic) bond motifs is 6. The van der Waals surface area contributed by atoms with Gasteiger partial charge in [-0.25, -0.2) is 4.98 Å². The van der Waals surface area contributed by atoms with Crippen molar-refractivity contribution < 1.29 is 4.74 Å². The summed E-state index contributed by atoms with van der Waals surface area (Å²) in [5.74, 6) is 1.06. The van der Waals surface area contributed by atoms with Gasteiger partial charge in [0, 0.05) is 22.9 Å². The van der Waals surface area contributed by atoms with Crippen LogP contribution in [0.25, 0.3) is 21.8 Å². The number of hydrogen-bond acceptors (Lipinski definition) is 2. The molecular weight excluding hydrogens is 344 g/mol. The van der Waals surface area contributed by atoms with Crippen molar-refractivity contribution in [2.75, 3.05) is 0 Å². The summed E-state index contributed by atoms with van der Waals surface area (Å²) in [7, 11) is 0. The molecule has 1 aromatic heterocycles. The van der Waals surface area contributed by atoms with E-state index in [1.54, 1.807) is 0 Å². The Labute approximate surface area is 169 Å². The minimum Gasteiger partial charge on any atom is -0.487 e. The maximum atomic E-state index is 6.45. The Bertz CT molecular complexity index is 954. The van der Waals surface area contributed by atoms with Crippen LogP contribution in [-0.4, -0.2) is 15.2 Å². The maximum absolute atomic E-state index is 6.45. The normalized spacial score (nSPS) is 15.7. The second kappa shape index (κ2) is 8.14. The van der Waals surface area contributed by atoms with Gasteiger partial charge in [-0.2, -0.15) is 0 Å². The highest BCUT2D eigenvalue weighted by Gasteiger charge is 2.30. The molecule has 4 rings (SSSR count). The van der Waals surface area contributed by atoms with Crippen molar-refractivity contribution in [3.05, 3.63) is 36.2 Å². The first kappa shape index (κ1) is 19.3. The van der Waals surface area contributed by atoms with Crippen LogP contribution in [0.5, 0.6) is 5.75 Å². The van der Waals surface area contributed by atoms with Crippen molar-refractivity contribution in [3.8, 4) is 5.75 Å². The van der Waals surface area contributed by atoms with E-state index in [1.807, 2.05) is 6.33 Å². The largest absolute Gasteiger partial charge is 0.487 e. The molecule has 0 saturated heterocycles. The molecule has 0 unspecified atom stereocenters. The van der Waals surface area contributed by atoms with Crippen molar-refractivity contribution in [1.82, 2.24) is 9.55 Å². The monoisotopic (exact) mass is 378 g/mol. The lowest BCUT2D eigenvalue weighted by Gasteiger charge is -2.33. The number of aromatic nitrogens is 2. The molecule has 0 atom stereocenters. The van der Waals surface area contributed by atoms with Gasteiger partial charge in [-0.15, -0.1) is 0 Å². The Morgan fingerprint density at radius 1 is 1.00 bits per heavy atom. The van der Waals surface area contributed by atoms with Gasteiger partial charge in [0.15, 0.2) is 0 Å². The highest BCUT2D eigenvalue weighted by Crippen LogP contribution is 2.43. The smallest absolute Gasteiger partial charge is 0.133 e. The molecule has 0 spiro atoms. The summed E-state index contributed by atoms with van der Waals surface area (Å²) >= 11 is 0. The Balaban J connectivity index is 1.62. The fourth-order valence-corrected chi connectivity index (χ4v) is 4.55. The van der Waals surface area contributed by atoms with Crippen molar-refractivity contribution in [1.29, 1.82) is 0 Å². The van der Waals surface area contributed by atoms with Crippen LogP contribution < -0.4 is 4.74 Å². The highest BCUT2D eigenvalue weighted by atomic mass is 16.5. The molecule has 1 aliphatic rings. The molecule has 0 radical (unpaired) electrons. The fourth-order valence-electron chi connectivity index (χ4n) is 4.55. The lowest BCUT2D eigenvalue weighted by molar-refractivity contribution is 0.0873. The summed E-state index contributed by atoms with van der Waals surface area (Å²) in [4.78, 5) is 4.85. The zero-order valence-electron chi connectivity index (χ0n) is 17.8. The first-order chi connectivity index (χ1) is 13.6. The van der Waals surface area contributed by atoms with Crippen LogP contribution in [0.3, 0.4) is 0 Å². The minimum absolute atomic E-state index is 0.107. The number of nitrogens with zero attached hydrogens (tertiary/aromatic N) is 2. The van der Waals surface area contributed by atoms with Gasteiger partial charge in [0.1, 0.15) is 11.4 Å². The SMILES string of the molecule is CCCCCCCCCn1cnc2c3c(c4ccccc4c21)OC(C)(C)CC3. The third kappa shape index (κ3) is 3.76. The van der Waals surface area contributed by atoms with E-state index >= 15 is 0 Å². The molecule has 3 heteroatoms. The van der Waals surface area contributed by atoms with E-state index in [-0.39, 0.29) is 5.60 Å². The van der Waals surface area contributed by atoms with Crippen LogP contribution in [0.2, 0.25) is 0 Å². The van der Waals surface area contributed by atoms with E-state index in [9.17, 15) is 0 Å². The zero-order valence-corrected chi connectivity index (χ0v) is 17.8. The summed E-state index contributed by atoms with van der Waals surface area (Å²) in [6.07, 6.45) is 13.5. The van der Waals surface area contributed by atoms with Gasteiger partial charge in [-0.1, -0.05) is 69.7 Å². The number of aryl methyl sites for hydroxylation is 2. The molecule has 3 aromatic rings. The van der Waals surface area contributed by atoms with Gasteiger partial charge in [0.25, 0.3) is 0 Å². The summed E-state index contributed by atoms with van der Waals surface area (Å²) < 4.78 is 8.82. The molecule has 3 nitrogen and oxygen atoms in total. The van der Waals surface area contributed by atoms with Crippen LogP contribution in [-0.2, 0) is 13.0 Å².